The summed E-state index contributed by atoms with van der Waals surface area (Å²) < 4.78 is 0. The molecule has 1 aliphatic heterocycles. The Hall–Kier alpha value is -1.07. The minimum atomic E-state index is 0.125. The van der Waals surface area contributed by atoms with E-state index < -0.39 is 0 Å². The van der Waals surface area contributed by atoms with Crippen molar-refractivity contribution >= 4 is 17.7 Å². The number of hydrogen-bond donors (Lipinski definition) is 0. The van der Waals surface area contributed by atoms with Crippen molar-refractivity contribution in [3.05, 3.63) is 23.9 Å². The third kappa shape index (κ3) is 4.71. The topological polar surface area (TPSA) is 36.4 Å². The maximum atomic E-state index is 12.2. The average Bonchev–Trinajstić information content (AvgIpc) is 3.06. The van der Waals surface area contributed by atoms with Crippen LogP contribution in [-0.2, 0) is 0 Å². The zero-order valence-corrected chi connectivity index (χ0v) is 13.9. The predicted molar refractivity (Wildman–Crippen MR) is 87.9 cm³/mol. The lowest BCUT2D eigenvalue weighted by molar-refractivity contribution is 0.0792. The van der Waals surface area contributed by atoms with Gasteiger partial charge in [-0.15, -0.1) is 11.8 Å². The highest BCUT2D eigenvalue weighted by atomic mass is 32.2. The van der Waals surface area contributed by atoms with Crippen LogP contribution in [0.15, 0.2) is 23.4 Å². The van der Waals surface area contributed by atoms with E-state index in [9.17, 15) is 4.79 Å². The van der Waals surface area contributed by atoms with Crippen LogP contribution in [0.3, 0.4) is 0 Å². The molecule has 0 unspecified atom stereocenters. The summed E-state index contributed by atoms with van der Waals surface area (Å²) >= 11 is 1.75. The Labute approximate surface area is 131 Å². The molecule has 1 aromatic rings. The summed E-state index contributed by atoms with van der Waals surface area (Å²) in [6.45, 7) is 9.41. The molecule has 1 amide bonds. The molecule has 1 aromatic heterocycles. The molecule has 5 heteroatoms. The number of rotatable bonds is 7. The van der Waals surface area contributed by atoms with Crippen LogP contribution in [0, 0.1) is 0 Å². The van der Waals surface area contributed by atoms with Gasteiger partial charge in [0.1, 0.15) is 0 Å². The van der Waals surface area contributed by atoms with Gasteiger partial charge in [-0.2, -0.15) is 0 Å². The Morgan fingerprint density at radius 3 is 2.57 bits per heavy atom. The minimum absolute atomic E-state index is 0.125. The van der Waals surface area contributed by atoms with E-state index in [1.165, 1.54) is 0 Å². The van der Waals surface area contributed by atoms with Gasteiger partial charge >= 0.3 is 0 Å². The molecule has 0 spiro atoms. The maximum Gasteiger partial charge on any atom is 0.255 e. The van der Waals surface area contributed by atoms with E-state index in [1.807, 2.05) is 17.0 Å². The Balaban J connectivity index is 1.82. The normalized spacial score (nSPS) is 14.9. The largest absolute Gasteiger partial charge is 0.339 e. The van der Waals surface area contributed by atoms with Gasteiger partial charge in [0.15, 0.2) is 0 Å². The van der Waals surface area contributed by atoms with Crippen molar-refractivity contribution in [2.75, 3.05) is 38.5 Å². The maximum absolute atomic E-state index is 12.2. The van der Waals surface area contributed by atoms with Gasteiger partial charge in [-0.3, -0.25) is 4.79 Å². The van der Waals surface area contributed by atoms with Crippen molar-refractivity contribution in [1.29, 1.82) is 0 Å². The predicted octanol–water partition coefficient (Wildman–Crippen LogP) is 2.75. The Morgan fingerprint density at radius 2 is 2.00 bits per heavy atom. The monoisotopic (exact) mass is 307 g/mol. The smallest absolute Gasteiger partial charge is 0.255 e. The molecule has 0 N–H and O–H groups in total. The standard InChI is InChI=1S/C16H25N3OS/c1-3-18(4-2)11-12-21-15-8-7-14(13-17-15)16(20)19-9-5-6-10-19/h7-8,13H,3-6,9-12H2,1-2H3. The van der Waals surface area contributed by atoms with Crippen molar-refractivity contribution in [1.82, 2.24) is 14.8 Å². The summed E-state index contributed by atoms with van der Waals surface area (Å²) in [5.74, 6) is 1.16. The summed E-state index contributed by atoms with van der Waals surface area (Å²) in [4.78, 5) is 21.0. The summed E-state index contributed by atoms with van der Waals surface area (Å²) in [5.41, 5.74) is 0.713. The number of amides is 1. The summed E-state index contributed by atoms with van der Waals surface area (Å²) in [5, 5.41) is 1.00. The molecule has 1 saturated heterocycles. The summed E-state index contributed by atoms with van der Waals surface area (Å²) in [7, 11) is 0. The van der Waals surface area contributed by atoms with Crippen molar-refractivity contribution in [2.45, 2.75) is 31.7 Å². The fourth-order valence-electron chi connectivity index (χ4n) is 2.51. The third-order valence-electron chi connectivity index (χ3n) is 3.93. The van der Waals surface area contributed by atoms with Gasteiger partial charge in [-0.05, 0) is 38.1 Å². The highest BCUT2D eigenvalue weighted by Crippen LogP contribution is 2.17. The van der Waals surface area contributed by atoms with Gasteiger partial charge in [0.05, 0.1) is 10.6 Å². The number of carbonyl (C=O) groups is 1. The van der Waals surface area contributed by atoms with Crippen LogP contribution in [-0.4, -0.2) is 59.2 Å². The number of carbonyl (C=O) groups excluding carboxylic acids is 1. The van der Waals surface area contributed by atoms with Crippen LogP contribution < -0.4 is 0 Å². The molecule has 0 radical (unpaired) electrons. The fraction of sp³-hybridized carbons (Fsp3) is 0.625. The second-order valence-electron chi connectivity index (χ2n) is 5.26. The molecule has 2 rings (SSSR count). The molecule has 1 fully saturated rings. The van der Waals surface area contributed by atoms with E-state index in [-0.39, 0.29) is 5.91 Å². The van der Waals surface area contributed by atoms with E-state index in [0.717, 1.165) is 56.3 Å². The van der Waals surface area contributed by atoms with Crippen molar-refractivity contribution in [2.24, 2.45) is 0 Å². The minimum Gasteiger partial charge on any atom is -0.339 e. The van der Waals surface area contributed by atoms with Gasteiger partial charge in [-0.1, -0.05) is 13.8 Å². The number of likely N-dealkylation sites (tertiary alicyclic amines) is 1. The average molecular weight is 307 g/mol. The number of hydrogen-bond acceptors (Lipinski definition) is 4. The first-order valence-electron chi connectivity index (χ1n) is 7.85. The van der Waals surface area contributed by atoms with Crippen LogP contribution in [0.25, 0.3) is 0 Å². The second-order valence-corrected chi connectivity index (χ2v) is 6.37. The van der Waals surface area contributed by atoms with Crippen molar-refractivity contribution in [3.8, 4) is 0 Å². The number of pyridine rings is 1. The highest BCUT2D eigenvalue weighted by molar-refractivity contribution is 7.99. The van der Waals surface area contributed by atoms with Crippen LogP contribution in [0.2, 0.25) is 0 Å². The first kappa shape index (κ1) is 16.3. The molecule has 0 atom stereocenters. The lowest BCUT2D eigenvalue weighted by Gasteiger charge is -2.17. The van der Waals surface area contributed by atoms with Crippen LogP contribution in [0.1, 0.15) is 37.0 Å². The lowest BCUT2D eigenvalue weighted by Crippen LogP contribution is -2.27. The Bertz CT molecular complexity index is 439. The first-order valence-corrected chi connectivity index (χ1v) is 8.83. The van der Waals surface area contributed by atoms with Crippen LogP contribution >= 0.6 is 11.8 Å². The third-order valence-corrected chi connectivity index (χ3v) is 4.85. The van der Waals surface area contributed by atoms with Gasteiger partial charge in [0.2, 0.25) is 0 Å². The molecule has 4 nitrogen and oxygen atoms in total. The van der Waals surface area contributed by atoms with Gasteiger partial charge < -0.3 is 9.80 Å². The number of thioether (sulfide) groups is 1. The van der Waals surface area contributed by atoms with Crippen LogP contribution in [0.4, 0.5) is 0 Å². The van der Waals surface area contributed by atoms with E-state index in [1.54, 1.807) is 18.0 Å². The summed E-state index contributed by atoms with van der Waals surface area (Å²) in [6.07, 6.45) is 3.97. The van der Waals surface area contributed by atoms with Crippen molar-refractivity contribution < 1.29 is 4.79 Å². The fourth-order valence-corrected chi connectivity index (χ4v) is 3.36. The molecule has 116 valence electrons. The second kappa shape index (κ2) is 8.39. The molecule has 0 saturated carbocycles. The zero-order valence-electron chi connectivity index (χ0n) is 13.0. The molecule has 1 aliphatic rings. The number of nitrogens with zero attached hydrogens (tertiary/aromatic N) is 3. The molecular formula is C16H25N3OS. The lowest BCUT2D eigenvalue weighted by atomic mass is 10.2. The molecule has 2 heterocycles. The van der Waals surface area contributed by atoms with E-state index in [0.29, 0.717) is 5.56 Å². The van der Waals surface area contributed by atoms with E-state index >= 15 is 0 Å². The van der Waals surface area contributed by atoms with E-state index in [2.05, 4.69) is 23.7 Å². The van der Waals surface area contributed by atoms with Crippen molar-refractivity contribution in [3.63, 3.8) is 0 Å². The molecule has 0 bridgehead atoms. The Morgan fingerprint density at radius 1 is 1.29 bits per heavy atom. The van der Waals surface area contributed by atoms with Gasteiger partial charge in [0.25, 0.3) is 5.91 Å². The molecule has 21 heavy (non-hydrogen) atoms. The molecule has 0 aliphatic carbocycles. The van der Waals surface area contributed by atoms with Gasteiger partial charge in [0, 0.05) is 31.6 Å². The van der Waals surface area contributed by atoms with Gasteiger partial charge in [-0.25, -0.2) is 4.98 Å². The summed E-state index contributed by atoms with van der Waals surface area (Å²) in [6, 6.07) is 3.88. The Kier molecular flexibility index (Phi) is 6.51. The molecular weight excluding hydrogens is 282 g/mol. The quantitative estimate of drug-likeness (QED) is 0.726. The zero-order chi connectivity index (χ0) is 15.1. The SMILES string of the molecule is CCN(CC)CCSc1ccc(C(=O)N2CCCC2)cn1. The van der Waals surface area contributed by atoms with E-state index in [4.69, 9.17) is 0 Å². The first-order chi connectivity index (χ1) is 10.2. The molecule has 0 aromatic carbocycles. The van der Waals surface area contributed by atoms with Crippen LogP contribution in [0.5, 0.6) is 0 Å². The number of aromatic nitrogens is 1. The highest BCUT2D eigenvalue weighted by Gasteiger charge is 2.19.